The Bertz CT molecular complexity index is 296. The normalized spacial score (nSPS) is 13.4. The second-order valence-electron chi connectivity index (χ2n) is 4.43. The quantitative estimate of drug-likeness (QED) is 0.825. The van der Waals surface area contributed by atoms with Crippen LogP contribution >= 0.6 is 11.3 Å². The van der Waals surface area contributed by atoms with Gasteiger partial charge in [-0.1, -0.05) is 26.7 Å². The van der Waals surface area contributed by atoms with E-state index in [1.165, 1.54) is 28.4 Å². The highest BCUT2D eigenvalue weighted by Crippen LogP contribution is 2.22. The fourth-order valence-electron chi connectivity index (χ4n) is 2.18. The number of likely N-dealkylation sites (N-methyl/N-ethyl adjacent to an activating group) is 1. The van der Waals surface area contributed by atoms with Gasteiger partial charge in [0.05, 0.1) is 10.7 Å². The van der Waals surface area contributed by atoms with E-state index in [1.54, 1.807) is 0 Å². The maximum absolute atomic E-state index is 4.63. The maximum atomic E-state index is 4.63. The number of nitrogens with one attached hydrogen (secondary N) is 1. The van der Waals surface area contributed by atoms with Crippen LogP contribution in [0.25, 0.3) is 0 Å². The lowest BCUT2D eigenvalue weighted by atomic mass is 9.92. The molecule has 1 aromatic rings. The Morgan fingerprint density at radius 1 is 1.25 bits per heavy atom. The van der Waals surface area contributed by atoms with Crippen LogP contribution in [-0.2, 0) is 6.42 Å². The van der Waals surface area contributed by atoms with E-state index in [9.17, 15) is 0 Å². The van der Waals surface area contributed by atoms with Crippen molar-refractivity contribution in [3.8, 4) is 0 Å². The molecule has 1 aromatic heterocycles. The van der Waals surface area contributed by atoms with Crippen LogP contribution in [0.5, 0.6) is 0 Å². The summed E-state index contributed by atoms with van der Waals surface area (Å²) >= 11 is 1.85. The molecule has 0 amide bonds. The fourth-order valence-corrected chi connectivity index (χ4v) is 3.17. The summed E-state index contributed by atoms with van der Waals surface area (Å²) in [6, 6.07) is 0.569. The second kappa shape index (κ2) is 6.36. The van der Waals surface area contributed by atoms with Crippen molar-refractivity contribution in [2.75, 3.05) is 7.05 Å². The second-order valence-corrected chi connectivity index (χ2v) is 5.71. The van der Waals surface area contributed by atoms with Gasteiger partial charge >= 0.3 is 0 Å². The number of aryl methyl sites for hydroxylation is 2. The third kappa shape index (κ3) is 3.29. The maximum Gasteiger partial charge on any atom is 0.0946 e. The SMILES string of the molecule is CCC(CC)C(Cc1nc(C)c(C)s1)NC. The monoisotopic (exact) mass is 240 g/mol. The molecular weight excluding hydrogens is 216 g/mol. The molecule has 1 atom stereocenters. The zero-order valence-corrected chi connectivity index (χ0v) is 11.9. The first-order valence-corrected chi connectivity index (χ1v) is 7.04. The Labute approximate surface area is 103 Å². The minimum absolute atomic E-state index is 0.569. The van der Waals surface area contributed by atoms with Crippen LogP contribution in [0.4, 0.5) is 0 Å². The van der Waals surface area contributed by atoms with Gasteiger partial charge in [-0.2, -0.15) is 0 Å². The summed E-state index contributed by atoms with van der Waals surface area (Å²) in [5, 5.41) is 4.73. The van der Waals surface area contributed by atoms with Gasteiger partial charge in [0.2, 0.25) is 0 Å². The molecule has 0 aliphatic heterocycles. The molecule has 1 N–H and O–H groups in total. The molecule has 16 heavy (non-hydrogen) atoms. The predicted molar refractivity (Wildman–Crippen MR) is 72.2 cm³/mol. The summed E-state index contributed by atoms with van der Waals surface area (Å²) in [6.07, 6.45) is 3.55. The van der Waals surface area contributed by atoms with Gasteiger partial charge in [-0.3, -0.25) is 0 Å². The molecule has 1 heterocycles. The average molecular weight is 240 g/mol. The van der Waals surface area contributed by atoms with E-state index in [0.717, 1.165) is 12.3 Å². The molecule has 0 spiro atoms. The van der Waals surface area contributed by atoms with E-state index in [0.29, 0.717) is 6.04 Å². The Morgan fingerprint density at radius 3 is 2.25 bits per heavy atom. The van der Waals surface area contributed by atoms with Gasteiger partial charge in [0, 0.05) is 17.3 Å². The van der Waals surface area contributed by atoms with Crippen LogP contribution in [0, 0.1) is 19.8 Å². The molecule has 2 nitrogen and oxygen atoms in total. The van der Waals surface area contributed by atoms with Crippen LogP contribution in [0.2, 0.25) is 0 Å². The Balaban J connectivity index is 2.69. The van der Waals surface area contributed by atoms with Gasteiger partial charge in [0.15, 0.2) is 0 Å². The van der Waals surface area contributed by atoms with Crippen molar-refractivity contribution in [2.24, 2.45) is 5.92 Å². The number of thiazole rings is 1. The highest BCUT2D eigenvalue weighted by molar-refractivity contribution is 7.11. The van der Waals surface area contributed by atoms with Crippen LogP contribution in [0.1, 0.15) is 42.3 Å². The molecule has 0 aliphatic carbocycles. The number of aromatic nitrogens is 1. The Kier molecular flexibility index (Phi) is 5.42. The number of rotatable bonds is 6. The third-order valence-electron chi connectivity index (χ3n) is 3.46. The van der Waals surface area contributed by atoms with Crippen LogP contribution < -0.4 is 5.32 Å². The minimum atomic E-state index is 0.569. The van der Waals surface area contributed by atoms with Crippen molar-refractivity contribution in [1.29, 1.82) is 0 Å². The standard InChI is InChI=1S/C13H24N2S/c1-6-11(7-2)12(14-5)8-13-15-9(3)10(4)16-13/h11-12,14H,6-8H2,1-5H3. The fraction of sp³-hybridized carbons (Fsp3) is 0.769. The Hall–Kier alpha value is -0.410. The molecule has 1 unspecified atom stereocenters. The number of hydrogen-bond acceptors (Lipinski definition) is 3. The zero-order valence-electron chi connectivity index (χ0n) is 11.1. The van der Waals surface area contributed by atoms with Gasteiger partial charge in [0.1, 0.15) is 0 Å². The first-order chi connectivity index (χ1) is 7.62. The molecule has 0 radical (unpaired) electrons. The van der Waals surface area contributed by atoms with E-state index < -0.39 is 0 Å². The summed E-state index contributed by atoms with van der Waals surface area (Å²) < 4.78 is 0. The van der Waals surface area contributed by atoms with Gasteiger partial charge in [-0.15, -0.1) is 11.3 Å². The molecule has 0 aromatic carbocycles. The van der Waals surface area contributed by atoms with E-state index in [1.807, 2.05) is 11.3 Å². The lowest BCUT2D eigenvalue weighted by Crippen LogP contribution is -2.35. The van der Waals surface area contributed by atoms with Crippen molar-refractivity contribution >= 4 is 11.3 Å². The zero-order chi connectivity index (χ0) is 12.1. The van der Waals surface area contributed by atoms with E-state index in [-0.39, 0.29) is 0 Å². The molecule has 0 saturated carbocycles. The first-order valence-electron chi connectivity index (χ1n) is 6.22. The van der Waals surface area contributed by atoms with Gasteiger partial charge < -0.3 is 5.32 Å². The van der Waals surface area contributed by atoms with Gasteiger partial charge in [-0.25, -0.2) is 4.98 Å². The van der Waals surface area contributed by atoms with E-state index >= 15 is 0 Å². The number of hydrogen-bond donors (Lipinski definition) is 1. The highest BCUT2D eigenvalue weighted by Gasteiger charge is 2.18. The lowest BCUT2D eigenvalue weighted by molar-refractivity contribution is 0.349. The molecule has 92 valence electrons. The molecular formula is C13H24N2S. The van der Waals surface area contributed by atoms with E-state index in [2.05, 4.69) is 45.0 Å². The average Bonchev–Trinajstić information content (AvgIpc) is 2.58. The Morgan fingerprint density at radius 2 is 1.88 bits per heavy atom. The molecule has 0 saturated heterocycles. The minimum Gasteiger partial charge on any atom is -0.316 e. The topological polar surface area (TPSA) is 24.9 Å². The van der Waals surface area contributed by atoms with Crippen molar-refractivity contribution < 1.29 is 0 Å². The predicted octanol–water partition coefficient (Wildman–Crippen LogP) is 3.33. The van der Waals surface area contributed by atoms with Gasteiger partial charge in [-0.05, 0) is 26.8 Å². The highest BCUT2D eigenvalue weighted by atomic mass is 32.1. The van der Waals surface area contributed by atoms with Crippen molar-refractivity contribution in [3.05, 3.63) is 15.6 Å². The van der Waals surface area contributed by atoms with Crippen LogP contribution in [0.15, 0.2) is 0 Å². The smallest absolute Gasteiger partial charge is 0.0946 e. The first kappa shape index (κ1) is 13.7. The van der Waals surface area contributed by atoms with Crippen molar-refractivity contribution in [2.45, 2.75) is 53.0 Å². The summed E-state index contributed by atoms with van der Waals surface area (Å²) in [5.74, 6) is 0.759. The summed E-state index contributed by atoms with van der Waals surface area (Å²) in [4.78, 5) is 5.98. The van der Waals surface area contributed by atoms with Crippen LogP contribution in [0.3, 0.4) is 0 Å². The summed E-state index contributed by atoms with van der Waals surface area (Å²) in [5.41, 5.74) is 1.19. The summed E-state index contributed by atoms with van der Waals surface area (Å²) in [7, 11) is 2.07. The molecule has 0 aliphatic rings. The van der Waals surface area contributed by atoms with Gasteiger partial charge in [0.25, 0.3) is 0 Å². The van der Waals surface area contributed by atoms with Crippen molar-refractivity contribution in [3.63, 3.8) is 0 Å². The lowest BCUT2D eigenvalue weighted by Gasteiger charge is -2.23. The molecule has 1 rings (SSSR count). The molecule has 3 heteroatoms. The van der Waals surface area contributed by atoms with E-state index in [4.69, 9.17) is 0 Å². The van der Waals surface area contributed by atoms with Crippen molar-refractivity contribution in [1.82, 2.24) is 10.3 Å². The third-order valence-corrected chi connectivity index (χ3v) is 4.55. The largest absolute Gasteiger partial charge is 0.316 e. The summed E-state index contributed by atoms with van der Waals surface area (Å²) in [6.45, 7) is 8.80. The molecule has 0 fully saturated rings. The molecule has 0 bridgehead atoms. The van der Waals surface area contributed by atoms with Crippen LogP contribution in [-0.4, -0.2) is 18.1 Å². The number of nitrogens with zero attached hydrogens (tertiary/aromatic N) is 1.